The molecule has 0 radical (unpaired) electrons. The van der Waals surface area contributed by atoms with Gasteiger partial charge in [-0.05, 0) is 93.3 Å². The molecule has 1 aliphatic carbocycles. The van der Waals surface area contributed by atoms with Crippen LogP contribution in [0.5, 0.6) is 0 Å². The number of hydrogen-bond acceptors (Lipinski definition) is 5. The smallest absolute Gasteiger partial charge is 0.330 e. The van der Waals surface area contributed by atoms with Gasteiger partial charge in [-0.25, -0.2) is 9.18 Å². The lowest BCUT2D eigenvalue weighted by atomic mass is 9.88. The highest BCUT2D eigenvalue weighted by Crippen LogP contribution is 2.32. The molecule has 6 heteroatoms. The first-order valence-corrected chi connectivity index (χ1v) is 12.4. The fourth-order valence-electron chi connectivity index (χ4n) is 4.78. The van der Waals surface area contributed by atoms with Gasteiger partial charge < -0.3 is 19.9 Å². The Morgan fingerprint density at radius 3 is 2.57 bits per heavy atom. The molecule has 0 fully saturated rings. The third-order valence-electron chi connectivity index (χ3n) is 6.46. The van der Waals surface area contributed by atoms with Crippen LogP contribution in [0.25, 0.3) is 6.08 Å². The monoisotopic (exact) mass is 483 g/mol. The van der Waals surface area contributed by atoms with Crippen LogP contribution in [0.1, 0.15) is 62.5 Å². The first-order valence-electron chi connectivity index (χ1n) is 12.4. The summed E-state index contributed by atoms with van der Waals surface area (Å²) in [7, 11) is 0. The molecule has 2 atom stereocenters. The molecule has 0 bridgehead atoms. The summed E-state index contributed by atoms with van der Waals surface area (Å²) in [6.45, 7) is 8.67. The number of fused-ring (bicyclic) bond motifs is 1. The molecular weight excluding hydrogens is 445 g/mol. The third-order valence-corrected chi connectivity index (χ3v) is 6.46. The number of esters is 1. The fraction of sp³-hybridized carbons (Fsp3) is 0.483. The van der Waals surface area contributed by atoms with Crippen LogP contribution in [0.4, 0.5) is 4.39 Å². The largest absolute Gasteiger partial charge is 0.463 e. The number of ether oxygens (including phenoxy) is 2. The molecule has 0 heterocycles. The van der Waals surface area contributed by atoms with Crippen LogP contribution in [-0.2, 0) is 27.1 Å². The summed E-state index contributed by atoms with van der Waals surface area (Å²) >= 11 is 0. The Hall–Kier alpha value is -2.54. The van der Waals surface area contributed by atoms with Gasteiger partial charge in [0.05, 0.1) is 25.4 Å². The number of nitrogens with one attached hydrogen (secondary N) is 1. The van der Waals surface area contributed by atoms with Crippen LogP contribution in [0, 0.1) is 11.7 Å². The van der Waals surface area contributed by atoms with E-state index in [1.54, 1.807) is 26.0 Å². The van der Waals surface area contributed by atoms with Crippen LogP contribution in [-0.4, -0.2) is 42.5 Å². The minimum atomic E-state index is -0.704. The number of hydrogen-bond donors (Lipinski definition) is 2. The lowest BCUT2D eigenvalue weighted by molar-refractivity contribution is -0.137. The highest BCUT2D eigenvalue weighted by Gasteiger charge is 2.28. The number of carbonyl (C=O) groups excluding carboxylic acids is 1. The molecule has 2 N–H and O–H groups in total. The number of rotatable bonds is 12. The molecule has 0 saturated carbocycles. The number of carbonyl (C=O) groups is 1. The predicted octanol–water partition coefficient (Wildman–Crippen LogP) is 5.01. The molecule has 0 spiro atoms. The van der Waals surface area contributed by atoms with Gasteiger partial charge in [-0.1, -0.05) is 30.3 Å². The Balaban J connectivity index is 1.48. The van der Waals surface area contributed by atoms with Gasteiger partial charge in [-0.15, -0.1) is 0 Å². The van der Waals surface area contributed by atoms with E-state index in [0.717, 1.165) is 19.3 Å². The van der Waals surface area contributed by atoms with Crippen LogP contribution in [0.15, 0.2) is 48.5 Å². The van der Waals surface area contributed by atoms with Crippen molar-refractivity contribution in [1.29, 1.82) is 0 Å². The van der Waals surface area contributed by atoms with Gasteiger partial charge in [-0.2, -0.15) is 0 Å². The average Bonchev–Trinajstić information content (AvgIpc) is 3.22. The zero-order valence-corrected chi connectivity index (χ0v) is 21.2. The standard InChI is InChI=1S/C29H38FNO4/c1-5-34-28(33)13-11-22-10-12-25(30)16-27(22)20(2)35-19-26(32)18-31-29(3,4)17-21-14-23-8-6-7-9-24(23)15-21/h6-13,16,20-21,26,31-32H,5,14-15,17-19H2,1-4H3/b13-11+/t20-,26-/m1/s1. The molecule has 35 heavy (non-hydrogen) atoms. The molecule has 2 aromatic carbocycles. The minimum Gasteiger partial charge on any atom is -0.463 e. The van der Waals surface area contributed by atoms with E-state index in [1.807, 2.05) is 0 Å². The van der Waals surface area contributed by atoms with E-state index in [0.29, 0.717) is 23.6 Å². The highest BCUT2D eigenvalue weighted by atomic mass is 19.1. The molecule has 0 unspecified atom stereocenters. The van der Waals surface area contributed by atoms with Gasteiger partial charge in [0.2, 0.25) is 0 Å². The number of β-amino-alcohol motifs (C(OH)–C–C–N with tert-alkyl or cyclic N) is 1. The van der Waals surface area contributed by atoms with E-state index in [9.17, 15) is 14.3 Å². The lowest BCUT2D eigenvalue weighted by Crippen LogP contribution is -2.45. The van der Waals surface area contributed by atoms with Gasteiger partial charge in [0.15, 0.2) is 0 Å². The van der Waals surface area contributed by atoms with Crippen molar-refractivity contribution < 1.29 is 23.8 Å². The van der Waals surface area contributed by atoms with E-state index in [-0.39, 0.29) is 24.6 Å². The summed E-state index contributed by atoms with van der Waals surface area (Å²) in [5, 5.41) is 14.0. The second-order valence-corrected chi connectivity index (χ2v) is 10.00. The first kappa shape index (κ1) is 27.1. The second-order valence-electron chi connectivity index (χ2n) is 10.00. The van der Waals surface area contributed by atoms with Crippen molar-refractivity contribution >= 4 is 12.0 Å². The van der Waals surface area contributed by atoms with E-state index >= 15 is 0 Å². The molecule has 3 rings (SSSR count). The molecule has 0 aromatic heterocycles. The summed E-state index contributed by atoms with van der Waals surface area (Å²) in [6.07, 6.45) is 4.96. The van der Waals surface area contributed by atoms with Gasteiger partial charge in [0.1, 0.15) is 5.82 Å². The van der Waals surface area contributed by atoms with E-state index in [4.69, 9.17) is 9.47 Å². The molecule has 190 valence electrons. The third kappa shape index (κ3) is 8.27. The van der Waals surface area contributed by atoms with E-state index in [2.05, 4.69) is 43.4 Å². The van der Waals surface area contributed by atoms with Crippen molar-refractivity contribution in [1.82, 2.24) is 5.32 Å². The van der Waals surface area contributed by atoms with Crippen molar-refractivity contribution in [2.45, 2.75) is 64.7 Å². The molecule has 5 nitrogen and oxygen atoms in total. The summed E-state index contributed by atoms with van der Waals surface area (Å²) in [5.41, 5.74) is 4.05. The normalized spacial score (nSPS) is 15.8. The Bertz CT molecular complexity index is 994. The highest BCUT2D eigenvalue weighted by molar-refractivity contribution is 5.87. The predicted molar refractivity (Wildman–Crippen MR) is 136 cm³/mol. The lowest BCUT2D eigenvalue weighted by Gasteiger charge is -2.31. The van der Waals surface area contributed by atoms with E-state index in [1.165, 1.54) is 29.3 Å². The molecule has 0 aliphatic heterocycles. The second kappa shape index (κ2) is 12.4. The molecule has 1 aliphatic rings. The van der Waals surface area contributed by atoms with Crippen LogP contribution in [0.3, 0.4) is 0 Å². The van der Waals surface area contributed by atoms with E-state index < -0.39 is 18.2 Å². The maximum absolute atomic E-state index is 13.9. The maximum Gasteiger partial charge on any atom is 0.330 e. The summed E-state index contributed by atoms with van der Waals surface area (Å²) < 4.78 is 24.7. The zero-order chi connectivity index (χ0) is 25.4. The van der Waals surface area contributed by atoms with Crippen molar-refractivity contribution in [3.8, 4) is 0 Å². The molecule has 2 aromatic rings. The van der Waals surface area contributed by atoms with Gasteiger partial charge in [0.25, 0.3) is 0 Å². The van der Waals surface area contributed by atoms with Crippen molar-refractivity contribution in [2.75, 3.05) is 19.8 Å². The number of aliphatic hydroxyl groups is 1. The van der Waals surface area contributed by atoms with Crippen LogP contribution < -0.4 is 5.32 Å². The maximum atomic E-state index is 13.9. The van der Waals surface area contributed by atoms with Gasteiger partial charge >= 0.3 is 5.97 Å². The number of halogens is 1. The van der Waals surface area contributed by atoms with Crippen LogP contribution >= 0.6 is 0 Å². The Kier molecular flexibility index (Phi) is 9.61. The Morgan fingerprint density at radius 2 is 1.91 bits per heavy atom. The van der Waals surface area contributed by atoms with Gasteiger partial charge in [-0.3, -0.25) is 0 Å². The van der Waals surface area contributed by atoms with Crippen molar-refractivity contribution in [3.05, 3.63) is 76.6 Å². The van der Waals surface area contributed by atoms with Crippen LogP contribution in [0.2, 0.25) is 0 Å². The van der Waals surface area contributed by atoms with Crippen molar-refractivity contribution in [3.63, 3.8) is 0 Å². The van der Waals surface area contributed by atoms with Gasteiger partial charge in [0, 0.05) is 18.2 Å². The summed E-state index contributed by atoms with van der Waals surface area (Å²) in [6, 6.07) is 13.0. The zero-order valence-electron chi connectivity index (χ0n) is 21.2. The topological polar surface area (TPSA) is 67.8 Å². The quantitative estimate of drug-likeness (QED) is 0.328. The first-order chi connectivity index (χ1) is 16.7. The average molecular weight is 484 g/mol. The molecule has 0 amide bonds. The number of aliphatic hydroxyl groups excluding tert-OH is 1. The molecular formula is C29H38FNO4. The SMILES string of the molecule is CCOC(=O)/C=C/c1ccc(F)cc1[C@@H](C)OC[C@H](O)CNC(C)(C)CC1Cc2ccccc2C1. The Labute approximate surface area is 208 Å². The summed E-state index contributed by atoms with van der Waals surface area (Å²) in [5.74, 6) is -0.249. The number of benzene rings is 2. The molecule has 0 saturated heterocycles. The summed E-state index contributed by atoms with van der Waals surface area (Å²) in [4.78, 5) is 11.6. The Morgan fingerprint density at radius 1 is 1.23 bits per heavy atom. The van der Waals surface area contributed by atoms with Crippen molar-refractivity contribution in [2.24, 2.45) is 5.92 Å². The minimum absolute atomic E-state index is 0.108. The fourth-order valence-corrected chi connectivity index (χ4v) is 4.78.